The first-order valence-corrected chi connectivity index (χ1v) is 9.71. The summed E-state index contributed by atoms with van der Waals surface area (Å²) in [6.07, 6.45) is -5.08. The van der Waals surface area contributed by atoms with E-state index in [1.807, 2.05) is 13.0 Å². The van der Waals surface area contributed by atoms with Gasteiger partial charge < -0.3 is 25.7 Å². The van der Waals surface area contributed by atoms with Crippen molar-refractivity contribution in [2.45, 2.75) is 26.6 Å². The maximum atomic E-state index is 10.6. The van der Waals surface area contributed by atoms with Gasteiger partial charge in [0.15, 0.2) is 5.65 Å². The summed E-state index contributed by atoms with van der Waals surface area (Å²) in [6, 6.07) is 10.6. The second-order valence-electron chi connectivity index (χ2n) is 7.35. The summed E-state index contributed by atoms with van der Waals surface area (Å²) in [5, 5.41) is 8.32. The number of nitrogens with two attached hydrogens (primary N) is 1. The Balaban J connectivity index is 0.000000360. The van der Waals surface area contributed by atoms with Crippen LogP contribution in [0.3, 0.4) is 0 Å². The van der Waals surface area contributed by atoms with Crippen LogP contribution >= 0.6 is 0 Å². The third-order valence-corrected chi connectivity index (χ3v) is 4.81. The molecular formula is C21H23F3N6O2. The molecule has 0 spiro atoms. The number of carbonyl (C=O) groups is 1. The van der Waals surface area contributed by atoms with Gasteiger partial charge in [0.25, 0.3) is 0 Å². The fourth-order valence-corrected chi connectivity index (χ4v) is 3.18. The number of carboxylic acids is 1. The number of aromatic nitrogens is 4. The van der Waals surface area contributed by atoms with Crippen LogP contribution in [0.4, 0.5) is 19.0 Å². The van der Waals surface area contributed by atoms with Crippen LogP contribution in [-0.4, -0.2) is 55.7 Å². The zero-order valence-corrected chi connectivity index (χ0v) is 17.7. The molecule has 0 bridgehead atoms. The van der Waals surface area contributed by atoms with Gasteiger partial charge in [0.05, 0.1) is 5.52 Å². The van der Waals surface area contributed by atoms with E-state index in [0.29, 0.717) is 11.5 Å². The molecule has 0 aliphatic rings. The van der Waals surface area contributed by atoms with Gasteiger partial charge in [-0.3, -0.25) is 0 Å². The summed E-state index contributed by atoms with van der Waals surface area (Å²) in [4.78, 5) is 26.7. The lowest BCUT2D eigenvalue weighted by Crippen LogP contribution is -2.21. The van der Waals surface area contributed by atoms with E-state index in [4.69, 9.17) is 15.6 Å². The number of nitrogen functional groups attached to an aromatic ring is 1. The summed E-state index contributed by atoms with van der Waals surface area (Å²) < 4.78 is 31.7. The quantitative estimate of drug-likeness (QED) is 0.373. The molecule has 4 aromatic rings. The number of hydrogen-bond donors (Lipinski definition) is 4. The summed E-state index contributed by atoms with van der Waals surface area (Å²) in [5.41, 5.74) is 12.0. The number of aryl methyl sites for hydroxylation is 1. The number of halogens is 3. The Labute approximate surface area is 181 Å². The Bertz CT molecular complexity index is 1260. The Morgan fingerprint density at radius 3 is 2.50 bits per heavy atom. The van der Waals surface area contributed by atoms with Crippen LogP contribution in [0.1, 0.15) is 18.3 Å². The summed E-state index contributed by atoms with van der Waals surface area (Å²) in [5.74, 6) is -1.46. The smallest absolute Gasteiger partial charge is 0.475 e. The van der Waals surface area contributed by atoms with E-state index in [9.17, 15) is 13.2 Å². The minimum atomic E-state index is -5.08. The molecule has 0 fully saturated rings. The highest BCUT2D eigenvalue weighted by molar-refractivity contribution is 5.95. The van der Waals surface area contributed by atoms with Gasteiger partial charge in [-0.25, -0.2) is 14.8 Å². The second-order valence-corrected chi connectivity index (χ2v) is 7.35. The molecule has 0 aliphatic carbocycles. The number of nitrogens with zero attached hydrogens (tertiary/aromatic N) is 3. The van der Waals surface area contributed by atoms with Crippen molar-refractivity contribution in [2.75, 3.05) is 19.3 Å². The average Bonchev–Trinajstić information content (AvgIpc) is 3.29. The molecule has 1 aromatic carbocycles. The Morgan fingerprint density at radius 1 is 1.19 bits per heavy atom. The Hall–Kier alpha value is -3.60. The molecule has 32 heavy (non-hydrogen) atoms. The van der Waals surface area contributed by atoms with Crippen molar-refractivity contribution in [3.05, 3.63) is 41.7 Å². The fourth-order valence-electron chi connectivity index (χ4n) is 3.18. The van der Waals surface area contributed by atoms with Crippen LogP contribution in [0.25, 0.3) is 33.3 Å². The molecule has 0 radical (unpaired) electrons. The van der Waals surface area contributed by atoms with E-state index < -0.39 is 12.1 Å². The maximum Gasteiger partial charge on any atom is 0.490 e. The van der Waals surface area contributed by atoms with Gasteiger partial charge in [-0.05, 0) is 50.3 Å². The number of carboxylic acid groups (broad SMARTS) is 1. The van der Waals surface area contributed by atoms with Crippen molar-refractivity contribution in [3.63, 3.8) is 0 Å². The predicted molar refractivity (Wildman–Crippen MR) is 116 cm³/mol. The normalized spacial score (nSPS) is 11.7. The number of hydrogen-bond acceptors (Lipinski definition) is 5. The summed E-state index contributed by atoms with van der Waals surface area (Å²) in [7, 11) is 2.13. The van der Waals surface area contributed by atoms with Gasteiger partial charge in [-0.15, -0.1) is 0 Å². The molecular weight excluding hydrogens is 425 g/mol. The van der Waals surface area contributed by atoms with Gasteiger partial charge in [0, 0.05) is 28.7 Å². The Morgan fingerprint density at radius 2 is 1.88 bits per heavy atom. The number of fused-ring (bicyclic) bond motifs is 2. The second kappa shape index (κ2) is 8.87. The number of aromatic amines is 2. The minimum absolute atomic E-state index is 0.470. The zero-order valence-electron chi connectivity index (χ0n) is 17.7. The number of aliphatic carboxylic acids is 1. The lowest BCUT2D eigenvalue weighted by Gasteiger charge is -2.13. The SMILES string of the molecule is CCN(C)Cc1ccc2[nH]c(-c3cc(N)nc4nc(C)[nH]c34)cc2c1.O=C(O)C(F)(F)F. The van der Waals surface area contributed by atoms with E-state index in [-0.39, 0.29) is 0 Å². The van der Waals surface area contributed by atoms with Crippen LogP contribution < -0.4 is 5.73 Å². The third kappa shape index (κ3) is 5.17. The molecule has 170 valence electrons. The number of nitrogens with one attached hydrogen (secondary N) is 2. The highest BCUT2D eigenvalue weighted by Gasteiger charge is 2.38. The molecule has 0 atom stereocenters. The average molecular weight is 448 g/mol. The number of alkyl halides is 3. The molecule has 8 nitrogen and oxygen atoms in total. The largest absolute Gasteiger partial charge is 0.490 e. The maximum absolute atomic E-state index is 10.6. The topological polar surface area (TPSA) is 124 Å². The molecule has 3 aromatic heterocycles. The molecule has 11 heteroatoms. The van der Waals surface area contributed by atoms with Crippen molar-refractivity contribution < 1.29 is 23.1 Å². The first kappa shape index (κ1) is 23.1. The number of anilines is 1. The summed E-state index contributed by atoms with van der Waals surface area (Å²) in [6.45, 7) is 6.06. The first-order valence-electron chi connectivity index (χ1n) is 9.71. The van der Waals surface area contributed by atoms with E-state index in [0.717, 1.165) is 41.2 Å². The minimum Gasteiger partial charge on any atom is -0.475 e. The van der Waals surface area contributed by atoms with E-state index >= 15 is 0 Å². The predicted octanol–water partition coefficient (Wildman–Crippen LogP) is 4.08. The van der Waals surface area contributed by atoms with Gasteiger partial charge in [0.1, 0.15) is 11.6 Å². The number of pyridine rings is 1. The highest BCUT2D eigenvalue weighted by Crippen LogP contribution is 2.30. The Kier molecular flexibility index (Phi) is 6.40. The molecule has 4 rings (SSSR count). The van der Waals surface area contributed by atoms with E-state index in [2.05, 4.69) is 63.1 Å². The van der Waals surface area contributed by atoms with Crippen molar-refractivity contribution >= 4 is 33.9 Å². The van der Waals surface area contributed by atoms with Crippen LogP contribution in [-0.2, 0) is 11.3 Å². The number of benzene rings is 1. The van der Waals surface area contributed by atoms with Crippen LogP contribution in [0.2, 0.25) is 0 Å². The van der Waals surface area contributed by atoms with Crippen LogP contribution in [0.15, 0.2) is 30.3 Å². The number of imidazole rings is 1. The fraction of sp³-hybridized carbons (Fsp3) is 0.286. The number of H-pyrrole nitrogens is 2. The van der Waals surface area contributed by atoms with Gasteiger partial charge in [-0.1, -0.05) is 13.0 Å². The molecule has 0 aliphatic heterocycles. The molecule has 3 heterocycles. The van der Waals surface area contributed by atoms with Crippen molar-refractivity contribution in [1.29, 1.82) is 0 Å². The molecule has 0 saturated carbocycles. The van der Waals surface area contributed by atoms with Gasteiger partial charge in [0.2, 0.25) is 0 Å². The van der Waals surface area contributed by atoms with Crippen molar-refractivity contribution in [2.24, 2.45) is 0 Å². The molecule has 0 unspecified atom stereocenters. The molecule has 5 N–H and O–H groups in total. The first-order chi connectivity index (χ1) is 15.0. The lowest BCUT2D eigenvalue weighted by atomic mass is 10.1. The van der Waals surface area contributed by atoms with Crippen LogP contribution in [0, 0.1) is 6.92 Å². The molecule has 0 saturated heterocycles. The van der Waals surface area contributed by atoms with E-state index in [1.165, 1.54) is 10.9 Å². The van der Waals surface area contributed by atoms with Crippen LogP contribution in [0.5, 0.6) is 0 Å². The van der Waals surface area contributed by atoms with Crippen molar-refractivity contribution in [1.82, 2.24) is 24.8 Å². The molecule has 0 amide bonds. The van der Waals surface area contributed by atoms with Gasteiger partial charge >= 0.3 is 12.1 Å². The number of rotatable bonds is 4. The lowest BCUT2D eigenvalue weighted by molar-refractivity contribution is -0.192. The highest BCUT2D eigenvalue weighted by atomic mass is 19.4. The van der Waals surface area contributed by atoms with Crippen molar-refractivity contribution in [3.8, 4) is 11.3 Å². The van der Waals surface area contributed by atoms with E-state index in [1.54, 1.807) is 0 Å². The monoisotopic (exact) mass is 448 g/mol. The third-order valence-electron chi connectivity index (χ3n) is 4.81. The standard InChI is InChI=1S/C19H22N6.C2HF3O2/c1-4-25(3)10-12-5-6-15-13(7-12)8-16(23-15)14-9-17(20)24-19-18(14)21-11(2)22-19;3-2(4,5)1(6)7/h5-9,23H,4,10H2,1-3H3,(H3,20,21,22,24);(H,6,7). The van der Waals surface area contributed by atoms with Gasteiger partial charge in [-0.2, -0.15) is 13.2 Å². The zero-order chi connectivity index (χ0) is 23.6. The summed E-state index contributed by atoms with van der Waals surface area (Å²) >= 11 is 0.